The topological polar surface area (TPSA) is 70.0 Å². The molecule has 1 fully saturated rings. The molecule has 0 amide bonds. The van der Waals surface area contributed by atoms with Gasteiger partial charge in [0.15, 0.2) is 5.78 Å². The Labute approximate surface area is 118 Å². The van der Waals surface area contributed by atoms with Crippen molar-refractivity contribution in [1.82, 2.24) is 4.90 Å². The lowest BCUT2D eigenvalue weighted by molar-refractivity contribution is 0.0789. The van der Waals surface area contributed by atoms with Gasteiger partial charge in [-0.1, -0.05) is 0 Å². The maximum absolute atomic E-state index is 11.5. The first-order valence-corrected chi connectivity index (χ1v) is 6.82. The first kappa shape index (κ1) is 14.8. The van der Waals surface area contributed by atoms with Gasteiger partial charge in [-0.15, -0.1) is 0 Å². The van der Waals surface area contributed by atoms with Crippen LogP contribution in [0.4, 0.5) is 0 Å². The molecule has 110 valence electrons. The van der Waals surface area contributed by atoms with Crippen molar-refractivity contribution >= 4 is 5.78 Å². The number of aliphatic hydroxyl groups is 1. The molecular formula is C15H21NO4. The molecule has 0 bridgehead atoms. The molecule has 0 saturated carbocycles. The highest BCUT2D eigenvalue weighted by molar-refractivity contribution is 5.97. The minimum absolute atomic E-state index is 0.0489. The van der Waals surface area contributed by atoms with Crippen LogP contribution in [0.3, 0.4) is 0 Å². The summed E-state index contributed by atoms with van der Waals surface area (Å²) in [6.07, 6.45) is 1.32. The predicted octanol–water partition coefficient (Wildman–Crippen LogP) is 1.56. The van der Waals surface area contributed by atoms with Gasteiger partial charge >= 0.3 is 0 Å². The van der Waals surface area contributed by atoms with E-state index in [1.165, 1.54) is 13.0 Å². The summed E-state index contributed by atoms with van der Waals surface area (Å²) >= 11 is 0. The lowest BCUT2D eigenvalue weighted by atomic mass is 10.0. The number of hydrogen-bond acceptors (Lipinski definition) is 5. The number of phenols is 1. The molecule has 1 aromatic carbocycles. The number of piperidine rings is 1. The average Bonchev–Trinajstić information content (AvgIpc) is 2.42. The summed E-state index contributed by atoms with van der Waals surface area (Å²) < 4.78 is 5.28. The summed E-state index contributed by atoms with van der Waals surface area (Å²) in [5.41, 5.74) is 1.20. The average molecular weight is 279 g/mol. The molecule has 2 N–H and O–H groups in total. The molecule has 1 aromatic rings. The first-order chi connectivity index (χ1) is 9.51. The van der Waals surface area contributed by atoms with E-state index in [1.807, 2.05) is 0 Å². The lowest BCUT2D eigenvalue weighted by Gasteiger charge is -2.30. The fourth-order valence-electron chi connectivity index (χ4n) is 2.53. The van der Waals surface area contributed by atoms with Gasteiger partial charge in [-0.3, -0.25) is 9.69 Å². The molecular weight excluding hydrogens is 258 g/mol. The molecule has 1 heterocycles. The van der Waals surface area contributed by atoms with E-state index in [4.69, 9.17) is 4.74 Å². The molecule has 0 atom stereocenters. The summed E-state index contributed by atoms with van der Waals surface area (Å²) in [6, 6.07) is 3.19. The Kier molecular flexibility index (Phi) is 4.62. The largest absolute Gasteiger partial charge is 0.507 e. The van der Waals surface area contributed by atoms with Gasteiger partial charge in [0.05, 0.1) is 18.8 Å². The van der Waals surface area contributed by atoms with Gasteiger partial charge in [0.2, 0.25) is 0 Å². The molecule has 20 heavy (non-hydrogen) atoms. The van der Waals surface area contributed by atoms with Crippen molar-refractivity contribution in [3.8, 4) is 11.5 Å². The number of ether oxygens (including phenoxy) is 1. The molecule has 0 spiro atoms. The highest BCUT2D eigenvalue weighted by atomic mass is 16.5. The van der Waals surface area contributed by atoms with Crippen LogP contribution >= 0.6 is 0 Å². The van der Waals surface area contributed by atoms with Crippen molar-refractivity contribution in [2.45, 2.75) is 32.4 Å². The zero-order valence-corrected chi connectivity index (χ0v) is 11.9. The molecule has 0 unspecified atom stereocenters. The number of hydrogen-bond donors (Lipinski definition) is 2. The summed E-state index contributed by atoms with van der Waals surface area (Å²) in [4.78, 5) is 13.7. The van der Waals surface area contributed by atoms with Gasteiger partial charge in [0.1, 0.15) is 11.5 Å². The smallest absolute Gasteiger partial charge is 0.163 e. The minimum atomic E-state index is -0.208. The SMILES string of the molecule is COc1cc(O)c(C(C)=O)cc1CN1CCC(O)CC1. The first-order valence-electron chi connectivity index (χ1n) is 6.82. The van der Waals surface area contributed by atoms with E-state index < -0.39 is 0 Å². The maximum Gasteiger partial charge on any atom is 0.163 e. The highest BCUT2D eigenvalue weighted by Gasteiger charge is 2.20. The number of likely N-dealkylation sites (tertiary alicyclic amines) is 1. The third-order valence-electron chi connectivity index (χ3n) is 3.73. The van der Waals surface area contributed by atoms with Crippen LogP contribution in [-0.4, -0.2) is 47.2 Å². The molecule has 1 aliphatic rings. The van der Waals surface area contributed by atoms with E-state index in [2.05, 4.69) is 4.90 Å². The van der Waals surface area contributed by atoms with Crippen LogP contribution in [0.2, 0.25) is 0 Å². The molecule has 0 aromatic heterocycles. The van der Waals surface area contributed by atoms with E-state index in [9.17, 15) is 15.0 Å². The van der Waals surface area contributed by atoms with Crippen LogP contribution in [-0.2, 0) is 6.54 Å². The third kappa shape index (κ3) is 3.29. The van der Waals surface area contributed by atoms with Crippen LogP contribution < -0.4 is 4.74 Å². The van der Waals surface area contributed by atoms with E-state index in [0.717, 1.165) is 31.5 Å². The molecule has 0 radical (unpaired) electrons. The quantitative estimate of drug-likeness (QED) is 0.819. The number of rotatable bonds is 4. The second kappa shape index (κ2) is 6.24. The van der Waals surface area contributed by atoms with Gasteiger partial charge in [0, 0.05) is 31.3 Å². The normalized spacial score (nSPS) is 17.1. The predicted molar refractivity (Wildman–Crippen MR) is 75.2 cm³/mol. The van der Waals surface area contributed by atoms with Crippen molar-refractivity contribution in [3.05, 3.63) is 23.3 Å². The fraction of sp³-hybridized carbons (Fsp3) is 0.533. The van der Waals surface area contributed by atoms with Crippen molar-refractivity contribution in [2.24, 2.45) is 0 Å². The Morgan fingerprint density at radius 3 is 2.60 bits per heavy atom. The fourth-order valence-corrected chi connectivity index (χ4v) is 2.53. The highest BCUT2D eigenvalue weighted by Crippen LogP contribution is 2.30. The van der Waals surface area contributed by atoms with Crippen LogP contribution in [0.5, 0.6) is 11.5 Å². The van der Waals surface area contributed by atoms with Gasteiger partial charge in [-0.25, -0.2) is 0 Å². The van der Waals surface area contributed by atoms with Crippen molar-refractivity contribution in [1.29, 1.82) is 0 Å². The zero-order chi connectivity index (χ0) is 14.7. The summed E-state index contributed by atoms with van der Waals surface area (Å²) in [5, 5.41) is 19.3. The Balaban J connectivity index is 2.21. The van der Waals surface area contributed by atoms with Crippen LogP contribution in [0, 0.1) is 0 Å². The van der Waals surface area contributed by atoms with E-state index in [-0.39, 0.29) is 17.6 Å². The standard InChI is InChI=1S/C15H21NO4/c1-10(17)13-7-11(15(20-2)8-14(13)19)9-16-5-3-12(18)4-6-16/h7-8,12,18-19H,3-6,9H2,1-2H3. The van der Waals surface area contributed by atoms with Gasteiger partial charge in [-0.05, 0) is 25.8 Å². The molecule has 2 rings (SSSR count). The number of carbonyl (C=O) groups is 1. The number of aliphatic hydroxyl groups excluding tert-OH is 1. The van der Waals surface area contributed by atoms with Crippen molar-refractivity contribution in [2.75, 3.05) is 20.2 Å². The van der Waals surface area contributed by atoms with E-state index in [0.29, 0.717) is 17.9 Å². The van der Waals surface area contributed by atoms with Gasteiger partial charge in [-0.2, -0.15) is 0 Å². The van der Waals surface area contributed by atoms with Crippen molar-refractivity contribution in [3.63, 3.8) is 0 Å². The lowest BCUT2D eigenvalue weighted by Crippen LogP contribution is -2.35. The third-order valence-corrected chi connectivity index (χ3v) is 3.73. The molecule has 1 saturated heterocycles. The Morgan fingerprint density at radius 2 is 2.05 bits per heavy atom. The molecule has 0 aliphatic carbocycles. The van der Waals surface area contributed by atoms with Crippen LogP contribution in [0.1, 0.15) is 35.7 Å². The number of aromatic hydroxyl groups is 1. The summed E-state index contributed by atoms with van der Waals surface area (Å²) in [6.45, 7) is 3.72. The number of methoxy groups -OCH3 is 1. The number of ketones is 1. The van der Waals surface area contributed by atoms with E-state index >= 15 is 0 Å². The number of carbonyl (C=O) groups excluding carboxylic acids is 1. The van der Waals surface area contributed by atoms with Gasteiger partial charge < -0.3 is 14.9 Å². The second-order valence-corrected chi connectivity index (χ2v) is 5.24. The zero-order valence-electron chi connectivity index (χ0n) is 11.9. The second-order valence-electron chi connectivity index (χ2n) is 5.24. The summed E-state index contributed by atoms with van der Waals surface area (Å²) in [5.74, 6) is 0.367. The van der Waals surface area contributed by atoms with Gasteiger partial charge in [0.25, 0.3) is 0 Å². The monoisotopic (exact) mass is 279 g/mol. The van der Waals surface area contributed by atoms with E-state index in [1.54, 1.807) is 13.2 Å². The molecule has 1 aliphatic heterocycles. The maximum atomic E-state index is 11.5. The summed E-state index contributed by atoms with van der Waals surface area (Å²) in [7, 11) is 1.55. The van der Waals surface area contributed by atoms with Crippen LogP contribution in [0.15, 0.2) is 12.1 Å². The Morgan fingerprint density at radius 1 is 1.40 bits per heavy atom. The molecule has 5 heteroatoms. The Hall–Kier alpha value is -1.59. The number of nitrogens with zero attached hydrogens (tertiary/aromatic N) is 1. The number of phenolic OH excluding ortho intramolecular Hbond substituents is 1. The van der Waals surface area contributed by atoms with Crippen molar-refractivity contribution < 1.29 is 19.7 Å². The Bertz CT molecular complexity index is 493. The minimum Gasteiger partial charge on any atom is -0.507 e. The molecule has 5 nitrogen and oxygen atoms in total. The number of Topliss-reactive ketones (excluding diaryl/α,β-unsaturated/α-hetero) is 1. The van der Waals surface area contributed by atoms with Crippen LogP contribution in [0.25, 0.3) is 0 Å². The number of benzene rings is 1.